The van der Waals surface area contributed by atoms with E-state index in [2.05, 4.69) is 4.74 Å². The summed E-state index contributed by atoms with van der Waals surface area (Å²) in [5.74, 6) is -0.290. The first kappa shape index (κ1) is 16.1. The summed E-state index contributed by atoms with van der Waals surface area (Å²) in [5.41, 5.74) is 1.48. The fourth-order valence-corrected chi connectivity index (χ4v) is 2.09. The van der Waals surface area contributed by atoms with Gasteiger partial charge in [0.15, 0.2) is 0 Å². The minimum atomic E-state index is -4.35. The first-order valence-electron chi connectivity index (χ1n) is 6.73. The molecule has 0 saturated carbocycles. The third-order valence-electron chi connectivity index (χ3n) is 3.32. The molecule has 0 aliphatic heterocycles. The molecule has 0 heterocycles. The van der Waals surface area contributed by atoms with Crippen LogP contribution in [-0.2, 0) is 22.1 Å². The maximum Gasteiger partial charge on any atom is 0.416 e. The van der Waals surface area contributed by atoms with Crippen LogP contribution >= 0.6 is 0 Å². The Hall–Kier alpha value is -2.30. The van der Waals surface area contributed by atoms with Gasteiger partial charge in [0.25, 0.3) is 0 Å². The number of hydrogen-bond acceptors (Lipinski definition) is 2. The van der Waals surface area contributed by atoms with Gasteiger partial charge >= 0.3 is 12.1 Å². The summed E-state index contributed by atoms with van der Waals surface area (Å²) < 4.78 is 42.7. The van der Waals surface area contributed by atoms with E-state index >= 15 is 0 Å². The highest BCUT2D eigenvalue weighted by Crippen LogP contribution is 2.32. The third-order valence-corrected chi connectivity index (χ3v) is 3.32. The molecule has 2 nitrogen and oxygen atoms in total. The second kappa shape index (κ2) is 6.64. The Balaban J connectivity index is 2.15. The molecule has 0 N–H and O–H groups in total. The zero-order chi connectivity index (χ0) is 16.2. The third kappa shape index (κ3) is 4.10. The van der Waals surface area contributed by atoms with Gasteiger partial charge in [-0.2, -0.15) is 13.2 Å². The first-order chi connectivity index (χ1) is 10.4. The standard InChI is InChI=1S/C17H15F3O2/c1-22-16(21)10-7-12-5-8-13(9-6-12)14-3-2-4-15(11-14)17(18,19)20/h2-6,8-9,11H,7,10H2,1H3. The Bertz CT molecular complexity index is 646. The maximum atomic E-state index is 12.7. The summed E-state index contributed by atoms with van der Waals surface area (Å²) in [6.07, 6.45) is -3.54. The second-order valence-electron chi connectivity index (χ2n) is 4.85. The SMILES string of the molecule is COC(=O)CCc1ccc(-c2cccc(C(F)(F)F)c2)cc1. The van der Waals surface area contributed by atoms with E-state index in [4.69, 9.17) is 0 Å². The molecule has 2 aromatic rings. The summed E-state index contributed by atoms with van der Waals surface area (Å²) >= 11 is 0. The molecule has 0 radical (unpaired) electrons. The smallest absolute Gasteiger partial charge is 0.416 e. The lowest BCUT2D eigenvalue weighted by molar-refractivity contribution is -0.140. The molecule has 0 bridgehead atoms. The van der Waals surface area contributed by atoms with Crippen LogP contribution in [0.25, 0.3) is 11.1 Å². The second-order valence-corrected chi connectivity index (χ2v) is 4.85. The number of rotatable bonds is 4. The summed E-state index contributed by atoms with van der Waals surface area (Å²) in [6, 6.07) is 12.3. The number of carbonyl (C=O) groups is 1. The van der Waals surface area contributed by atoms with Crippen LogP contribution in [0.4, 0.5) is 13.2 Å². The Morgan fingerprint density at radius 2 is 1.73 bits per heavy atom. The van der Waals surface area contributed by atoms with Crippen molar-refractivity contribution in [3.8, 4) is 11.1 Å². The van der Waals surface area contributed by atoms with Gasteiger partial charge in [-0.1, -0.05) is 36.4 Å². The number of esters is 1. The van der Waals surface area contributed by atoms with E-state index in [1.54, 1.807) is 30.3 Å². The molecule has 0 aliphatic carbocycles. The largest absolute Gasteiger partial charge is 0.469 e. The number of hydrogen-bond donors (Lipinski definition) is 0. The molecule has 116 valence electrons. The molecule has 0 aliphatic rings. The highest BCUT2D eigenvalue weighted by Gasteiger charge is 2.30. The Morgan fingerprint density at radius 1 is 1.05 bits per heavy atom. The minimum Gasteiger partial charge on any atom is -0.469 e. The number of benzene rings is 2. The molecule has 0 saturated heterocycles. The number of carbonyl (C=O) groups excluding carboxylic acids is 1. The quantitative estimate of drug-likeness (QED) is 0.779. The van der Waals surface area contributed by atoms with Crippen LogP contribution in [0.5, 0.6) is 0 Å². The molecule has 0 atom stereocenters. The summed E-state index contributed by atoms with van der Waals surface area (Å²) in [5, 5.41) is 0. The maximum absolute atomic E-state index is 12.7. The van der Waals surface area contributed by atoms with E-state index in [1.165, 1.54) is 13.2 Å². The number of aryl methyl sites for hydroxylation is 1. The lowest BCUT2D eigenvalue weighted by Gasteiger charge is -2.09. The lowest BCUT2D eigenvalue weighted by atomic mass is 10.0. The van der Waals surface area contributed by atoms with Crippen molar-refractivity contribution in [3.05, 3.63) is 59.7 Å². The number of methoxy groups -OCH3 is 1. The van der Waals surface area contributed by atoms with Gasteiger partial charge in [-0.15, -0.1) is 0 Å². The minimum absolute atomic E-state index is 0.277. The van der Waals surface area contributed by atoms with Crippen molar-refractivity contribution in [3.63, 3.8) is 0 Å². The van der Waals surface area contributed by atoms with Crippen molar-refractivity contribution in [1.82, 2.24) is 0 Å². The average molecular weight is 308 g/mol. The lowest BCUT2D eigenvalue weighted by Crippen LogP contribution is -2.04. The molecular weight excluding hydrogens is 293 g/mol. The molecular formula is C17H15F3O2. The highest BCUT2D eigenvalue weighted by atomic mass is 19.4. The molecule has 0 unspecified atom stereocenters. The van der Waals surface area contributed by atoms with Gasteiger partial charge in [0.1, 0.15) is 0 Å². The predicted molar refractivity (Wildman–Crippen MR) is 77.2 cm³/mol. The van der Waals surface area contributed by atoms with Gasteiger partial charge in [-0.05, 0) is 35.2 Å². The van der Waals surface area contributed by atoms with E-state index in [9.17, 15) is 18.0 Å². The Kier molecular flexibility index (Phi) is 4.85. The Morgan fingerprint density at radius 3 is 2.32 bits per heavy atom. The zero-order valence-electron chi connectivity index (χ0n) is 12.0. The van der Waals surface area contributed by atoms with E-state index < -0.39 is 11.7 Å². The van der Waals surface area contributed by atoms with Crippen molar-refractivity contribution in [2.75, 3.05) is 7.11 Å². The fraction of sp³-hybridized carbons (Fsp3) is 0.235. The van der Waals surface area contributed by atoms with Crippen LogP contribution in [-0.4, -0.2) is 13.1 Å². The van der Waals surface area contributed by atoms with Gasteiger partial charge in [-0.3, -0.25) is 4.79 Å². The van der Waals surface area contributed by atoms with E-state index in [0.717, 1.165) is 17.7 Å². The van der Waals surface area contributed by atoms with E-state index in [1.807, 2.05) is 0 Å². The van der Waals surface area contributed by atoms with Gasteiger partial charge in [0.05, 0.1) is 12.7 Å². The fourth-order valence-electron chi connectivity index (χ4n) is 2.09. The predicted octanol–water partition coefficient (Wildman–Crippen LogP) is 4.48. The number of alkyl halides is 3. The van der Waals surface area contributed by atoms with Crippen molar-refractivity contribution in [2.24, 2.45) is 0 Å². The normalized spacial score (nSPS) is 11.3. The van der Waals surface area contributed by atoms with Crippen LogP contribution in [0, 0.1) is 0 Å². The number of halogens is 3. The summed E-state index contributed by atoms with van der Waals surface area (Å²) in [4.78, 5) is 11.1. The van der Waals surface area contributed by atoms with Crippen molar-refractivity contribution in [1.29, 1.82) is 0 Å². The molecule has 2 rings (SSSR count). The van der Waals surface area contributed by atoms with Gasteiger partial charge < -0.3 is 4.74 Å². The van der Waals surface area contributed by atoms with Crippen molar-refractivity contribution < 1.29 is 22.7 Å². The molecule has 0 spiro atoms. The molecule has 0 aromatic heterocycles. The topological polar surface area (TPSA) is 26.3 Å². The van der Waals surface area contributed by atoms with Crippen LogP contribution < -0.4 is 0 Å². The highest BCUT2D eigenvalue weighted by molar-refractivity contribution is 5.69. The molecule has 2 aromatic carbocycles. The molecule has 5 heteroatoms. The van der Waals surface area contributed by atoms with Crippen molar-refractivity contribution >= 4 is 5.97 Å². The van der Waals surface area contributed by atoms with Crippen LogP contribution in [0.3, 0.4) is 0 Å². The van der Waals surface area contributed by atoms with Gasteiger partial charge in [-0.25, -0.2) is 0 Å². The van der Waals surface area contributed by atoms with E-state index in [-0.39, 0.29) is 12.4 Å². The monoisotopic (exact) mass is 308 g/mol. The average Bonchev–Trinajstić information content (AvgIpc) is 2.52. The van der Waals surface area contributed by atoms with E-state index in [0.29, 0.717) is 17.5 Å². The van der Waals surface area contributed by atoms with Crippen LogP contribution in [0.15, 0.2) is 48.5 Å². The summed E-state index contributed by atoms with van der Waals surface area (Å²) in [6.45, 7) is 0. The van der Waals surface area contributed by atoms with Gasteiger partial charge in [0, 0.05) is 6.42 Å². The molecule has 22 heavy (non-hydrogen) atoms. The van der Waals surface area contributed by atoms with Crippen LogP contribution in [0.1, 0.15) is 17.5 Å². The first-order valence-corrected chi connectivity index (χ1v) is 6.73. The molecule has 0 fully saturated rings. The van der Waals surface area contributed by atoms with Crippen LogP contribution in [0.2, 0.25) is 0 Å². The number of ether oxygens (including phenoxy) is 1. The van der Waals surface area contributed by atoms with Crippen molar-refractivity contribution in [2.45, 2.75) is 19.0 Å². The summed E-state index contributed by atoms with van der Waals surface area (Å²) in [7, 11) is 1.33. The Labute approximate surface area is 126 Å². The zero-order valence-corrected chi connectivity index (χ0v) is 12.0. The van der Waals surface area contributed by atoms with Gasteiger partial charge in [0.2, 0.25) is 0 Å². The molecule has 0 amide bonds.